The Hall–Kier alpha value is -1.82. The van der Waals surface area contributed by atoms with E-state index in [4.69, 9.17) is 16.2 Å². The van der Waals surface area contributed by atoms with Crippen LogP contribution in [0.2, 0.25) is 0 Å². The van der Waals surface area contributed by atoms with Gasteiger partial charge in [0.05, 0.1) is 6.61 Å². The molecule has 6 heteroatoms. The third-order valence-electron chi connectivity index (χ3n) is 1.57. The maximum Gasteiger partial charge on any atom is 0.243 e. The second kappa shape index (κ2) is 5.82. The van der Waals surface area contributed by atoms with Crippen LogP contribution in [-0.4, -0.2) is 30.6 Å². The molecule has 1 rings (SSSR count). The number of rotatable bonds is 6. The van der Waals surface area contributed by atoms with Crippen molar-refractivity contribution in [3.8, 4) is 0 Å². The molecular formula is C9H14N4O2. The topological polar surface area (TPSA) is 103 Å². The van der Waals surface area contributed by atoms with Crippen LogP contribution in [0.15, 0.2) is 18.2 Å². The van der Waals surface area contributed by atoms with Gasteiger partial charge >= 0.3 is 0 Å². The fourth-order valence-electron chi connectivity index (χ4n) is 0.974. The number of carbonyl (C=O) groups excluding carboxylic acids is 1. The van der Waals surface area contributed by atoms with Gasteiger partial charge in [-0.25, -0.2) is 4.98 Å². The number of ether oxygens (including phenoxy) is 1. The Morgan fingerprint density at radius 2 is 2.33 bits per heavy atom. The van der Waals surface area contributed by atoms with Crippen LogP contribution in [0.25, 0.3) is 0 Å². The molecule has 0 aliphatic rings. The molecule has 0 saturated heterocycles. The predicted octanol–water partition coefficient (Wildman–Crippen LogP) is -0.422. The first-order valence-electron chi connectivity index (χ1n) is 4.51. The zero-order valence-corrected chi connectivity index (χ0v) is 8.27. The summed E-state index contributed by atoms with van der Waals surface area (Å²) in [4.78, 5) is 14.4. The zero-order valence-electron chi connectivity index (χ0n) is 8.27. The Morgan fingerprint density at radius 1 is 1.53 bits per heavy atom. The van der Waals surface area contributed by atoms with Crippen LogP contribution in [0.4, 0.5) is 11.6 Å². The van der Waals surface area contributed by atoms with Crippen molar-refractivity contribution in [2.45, 2.75) is 0 Å². The van der Waals surface area contributed by atoms with Crippen molar-refractivity contribution in [3.63, 3.8) is 0 Å². The minimum Gasteiger partial charge on any atom is -0.384 e. The number of nitrogen functional groups attached to an aromatic ring is 1. The molecular weight excluding hydrogens is 196 g/mol. The fraction of sp³-hybridized carbons (Fsp3) is 0.333. The average Bonchev–Trinajstić information content (AvgIpc) is 2.17. The summed E-state index contributed by atoms with van der Waals surface area (Å²) in [5.41, 5.74) is 10.4. The third kappa shape index (κ3) is 4.82. The highest BCUT2D eigenvalue weighted by Gasteiger charge is 1.95. The average molecular weight is 210 g/mol. The van der Waals surface area contributed by atoms with E-state index in [9.17, 15) is 4.79 Å². The van der Waals surface area contributed by atoms with E-state index in [1.807, 2.05) is 0 Å². The molecule has 1 heterocycles. The van der Waals surface area contributed by atoms with Gasteiger partial charge in [0, 0.05) is 6.54 Å². The van der Waals surface area contributed by atoms with Crippen molar-refractivity contribution in [2.24, 2.45) is 5.73 Å². The van der Waals surface area contributed by atoms with Crippen LogP contribution in [0.3, 0.4) is 0 Å². The summed E-state index contributed by atoms with van der Waals surface area (Å²) < 4.78 is 4.95. The first kappa shape index (κ1) is 11.3. The molecule has 0 bridgehead atoms. The lowest BCUT2D eigenvalue weighted by Gasteiger charge is -2.05. The third-order valence-corrected chi connectivity index (χ3v) is 1.57. The lowest BCUT2D eigenvalue weighted by molar-refractivity contribution is -0.122. The molecule has 0 unspecified atom stereocenters. The van der Waals surface area contributed by atoms with Gasteiger partial charge in [-0.15, -0.1) is 0 Å². The van der Waals surface area contributed by atoms with Crippen molar-refractivity contribution in [1.29, 1.82) is 0 Å². The smallest absolute Gasteiger partial charge is 0.243 e. The standard InChI is InChI=1S/C9H14N4O2/c10-7-2-1-3-9(13-7)12-4-5-15-6-8(11)14/h1-3H,4-6H2,(H2,11,14)(H3,10,12,13). The van der Waals surface area contributed by atoms with Gasteiger partial charge < -0.3 is 21.5 Å². The van der Waals surface area contributed by atoms with E-state index in [1.165, 1.54) is 0 Å². The number of hydrogen-bond acceptors (Lipinski definition) is 5. The minimum atomic E-state index is -0.475. The Labute approximate surface area is 87.6 Å². The number of amides is 1. The molecule has 6 nitrogen and oxygen atoms in total. The molecule has 0 atom stereocenters. The van der Waals surface area contributed by atoms with E-state index < -0.39 is 5.91 Å². The number of nitrogens with one attached hydrogen (secondary N) is 1. The molecule has 1 amide bonds. The summed E-state index contributed by atoms with van der Waals surface area (Å²) in [6.07, 6.45) is 0. The first-order chi connectivity index (χ1) is 7.18. The van der Waals surface area contributed by atoms with E-state index in [0.717, 1.165) is 0 Å². The fourth-order valence-corrected chi connectivity index (χ4v) is 0.974. The molecule has 5 N–H and O–H groups in total. The molecule has 0 aliphatic carbocycles. The largest absolute Gasteiger partial charge is 0.384 e. The molecule has 1 aromatic heterocycles. The van der Waals surface area contributed by atoms with E-state index in [0.29, 0.717) is 24.8 Å². The zero-order chi connectivity index (χ0) is 11.1. The Kier molecular flexibility index (Phi) is 4.36. The molecule has 0 saturated carbocycles. The van der Waals surface area contributed by atoms with Gasteiger partial charge in [-0.3, -0.25) is 4.79 Å². The van der Waals surface area contributed by atoms with Gasteiger partial charge in [0.15, 0.2) is 0 Å². The molecule has 15 heavy (non-hydrogen) atoms. The lowest BCUT2D eigenvalue weighted by atomic mass is 10.4. The minimum absolute atomic E-state index is 0.0635. The second-order valence-corrected chi connectivity index (χ2v) is 2.89. The maximum atomic E-state index is 10.3. The lowest BCUT2D eigenvalue weighted by Crippen LogP contribution is -2.20. The van der Waals surface area contributed by atoms with Crippen molar-refractivity contribution in [1.82, 2.24) is 4.98 Å². The van der Waals surface area contributed by atoms with E-state index in [2.05, 4.69) is 10.3 Å². The molecule has 0 aliphatic heterocycles. The van der Waals surface area contributed by atoms with E-state index in [1.54, 1.807) is 18.2 Å². The van der Waals surface area contributed by atoms with Gasteiger partial charge in [-0.05, 0) is 12.1 Å². The number of primary amides is 1. The van der Waals surface area contributed by atoms with Gasteiger partial charge in [0.2, 0.25) is 5.91 Å². The Bertz CT molecular complexity index is 330. The normalized spacial score (nSPS) is 9.87. The number of nitrogens with zero attached hydrogens (tertiary/aromatic N) is 1. The van der Waals surface area contributed by atoms with Crippen LogP contribution in [0, 0.1) is 0 Å². The quantitative estimate of drug-likeness (QED) is 0.553. The summed E-state index contributed by atoms with van der Waals surface area (Å²) in [7, 11) is 0. The van der Waals surface area contributed by atoms with E-state index >= 15 is 0 Å². The summed E-state index contributed by atoms with van der Waals surface area (Å²) in [5, 5.41) is 2.99. The van der Waals surface area contributed by atoms with Crippen molar-refractivity contribution < 1.29 is 9.53 Å². The highest BCUT2D eigenvalue weighted by Crippen LogP contribution is 2.04. The van der Waals surface area contributed by atoms with Gasteiger partial charge in [-0.1, -0.05) is 6.07 Å². The first-order valence-corrected chi connectivity index (χ1v) is 4.51. The van der Waals surface area contributed by atoms with Crippen molar-refractivity contribution in [3.05, 3.63) is 18.2 Å². The van der Waals surface area contributed by atoms with Crippen LogP contribution >= 0.6 is 0 Å². The van der Waals surface area contributed by atoms with E-state index in [-0.39, 0.29) is 6.61 Å². The van der Waals surface area contributed by atoms with Crippen molar-refractivity contribution >= 4 is 17.5 Å². The number of hydrogen-bond donors (Lipinski definition) is 3. The highest BCUT2D eigenvalue weighted by molar-refractivity contribution is 5.74. The molecule has 1 aromatic rings. The highest BCUT2D eigenvalue weighted by atomic mass is 16.5. The number of anilines is 2. The number of nitrogens with two attached hydrogens (primary N) is 2. The predicted molar refractivity (Wildman–Crippen MR) is 57.2 cm³/mol. The Balaban J connectivity index is 2.17. The monoisotopic (exact) mass is 210 g/mol. The van der Waals surface area contributed by atoms with Gasteiger partial charge in [0.25, 0.3) is 0 Å². The van der Waals surface area contributed by atoms with Crippen LogP contribution in [0.5, 0.6) is 0 Å². The SMILES string of the molecule is NC(=O)COCCNc1cccc(N)n1. The van der Waals surface area contributed by atoms with Gasteiger partial charge in [0.1, 0.15) is 18.2 Å². The van der Waals surface area contributed by atoms with Crippen molar-refractivity contribution in [2.75, 3.05) is 30.8 Å². The van der Waals surface area contributed by atoms with Crippen LogP contribution < -0.4 is 16.8 Å². The maximum absolute atomic E-state index is 10.3. The summed E-state index contributed by atoms with van der Waals surface area (Å²) in [5.74, 6) is 0.660. The summed E-state index contributed by atoms with van der Waals surface area (Å²) in [6, 6.07) is 5.30. The second-order valence-electron chi connectivity index (χ2n) is 2.89. The molecule has 0 aromatic carbocycles. The number of pyridine rings is 1. The Morgan fingerprint density at radius 3 is 3.00 bits per heavy atom. The van der Waals surface area contributed by atoms with Gasteiger partial charge in [-0.2, -0.15) is 0 Å². The molecule has 82 valence electrons. The molecule has 0 radical (unpaired) electrons. The summed E-state index contributed by atoms with van der Waals surface area (Å²) in [6.45, 7) is 0.870. The number of carbonyl (C=O) groups is 1. The summed E-state index contributed by atoms with van der Waals surface area (Å²) >= 11 is 0. The van der Waals surface area contributed by atoms with Crippen LogP contribution in [0.1, 0.15) is 0 Å². The van der Waals surface area contributed by atoms with Crippen LogP contribution in [-0.2, 0) is 9.53 Å². The molecule has 0 fully saturated rings. The molecule has 0 spiro atoms. The number of aromatic nitrogens is 1.